The maximum atomic E-state index is 13.0. The molecule has 2 aromatic rings. The zero-order valence-electron chi connectivity index (χ0n) is 17.1. The van der Waals surface area contributed by atoms with Gasteiger partial charge in [0, 0.05) is 36.3 Å². The lowest BCUT2D eigenvalue weighted by Crippen LogP contribution is -2.50. The summed E-state index contributed by atoms with van der Waals surface area (Å²) in [6.07, 6.45) is 0. The van der Waals surface area contributed by atoms with Crippen molar-refractivity contribution in [2.45, 2.75) is 25.7 Å². The second-order valence-corrected chi connectivity index (χ2v) is 9.73. The van der Waals surface area contributed by atoms with E-state index in [-0.39, 0.29) is 43.6 Å². The van der Waals surface area contributed by atoms with Crippen LogP contribution in [0.4, 0.5) is 0 Å². The number of amides is 1. The zero-order valence-corrected chi connectivity index (χ0v) is 19.5. The summed E-state index contributed by atoms with van der Waals surface area (Å²) in [6.45, 7) is 6.30. The number of halogens is 1. The van der Waals surface area contributed by atoms with E-state index in [4.69, 9.17) is 4.74 Å². The number of nitrogens with one attached hydrogen (secondary N) is 1. The third kappa shape index (κ3) is 4.17. The molecule has 0 spiro atoms. The van der Waals surface area contributed by atoms with Crippen molar-refractivity contribution in [3.05, 3.63) is 51.3 Å². The van der Waals surface area contributed by atoms with E-state index in [0.717, 1.165) is 0 Å². The fourth-order valence-corrected chi connectivity index (χ4v) is 5.94. The van der Waals surface area contributed by atoms with Crippen LogP contribution in [0.3, 0.4) is 0 Å². The minimum atomic E-state index is -3.66. The van der Waals surface area contributed by atoms with Gasteiger partial charge in [0.15, 0.2) is 0 Å². The Bertz CT molecular complexity index is 1070. The van der Waals surface area contributed by atoms with E-state index in [0.29, 0.717) is 27.0 Å². The number of H-pyrrole nitrogens is 1. The molecule has 1 aromatic heterocycles. The highest BCUT2D eigenvalue weighted by Crippen LogP contribution is 2.26. The van der Waals surface area contributed by atoms with E-state index in [1.807, 2.05) is 0 Å². The molecule has 3 rings (SSSR count). The summed E-state index contributed by atoms with van der Waals surface area (Å²) < 4.78 is 32.8. The maximum absolute atomic E-state index is 13.0. The van der Waals surface area contributed by atoms with Gasteiger partial charge in [0.05, 0.1) is 17.1 Å². The summed E-state index contributed by atoms with van der Waals surface area (Å²) in [5, 5.41) is 0. The SMILES string of the molecule is CCOC(=O)c1c(C)[nH]c(C(=O)N2CCN(S(=O)(=O)c3ccccc3Br)CC2)c1C. The Morgan fingerprint density at radius 2 is 1.77 bits per heavy atom. The molecule has 1 aliphatic heterocycles. The van der Waals surface area contributed by atoms with E-state index < -0.39 is 16.0 Å². The molecule has 1 fully saturated rings. The van der Waals surface area contributed by atoms with Crippen molar-refractivity contribution in [3.63, 3.8) is 0 Å². The van der Waals surface area contributed by atoms with Gasteiger partial charge in [-0.2, -0.15) is 4.31 Å². The zero-order chi connectivity index (χ0) is 22.1. The lowest BCUT2D eigenvalue weighted by molar-refractivity contribution is 0.0525. The lowest BCUT2D eigenvalue weighted by atomic mass is 10.1. The fraction of sp³-hybridized carbons (Fsp3) is 0.400. The molecule has 30 heavy (non-hydrogen) atoms. The first-order valence-corrected chi connectivity index (χ1v) is 11.8. The van der Waals surface area contributed by atoms with Gasteiger partial charge >= 0.3 is 5.97 Å². The normalized spacial score (nSPS) is 15.3. The van der Waals surface area contributed by atoms with Gasteiger partial charge in [-0.15, -0.1) is 0 Å². The molecule has 1 amide bonds. The van der Waals surface area contributed by atoms with Gasteiger partial charge in [-0.1, -0.05) is 12.1 Å². The second kappa shape index (κ2) is 8.91. The van der Waals surface area contributed by atoms with Gasteiger partial charge in [0.2, 0.25) is 10.0 Å². The first kappa shape index (κ1) is 22.5. The molecule has 0 saturated carbocycles. The molecule has 1 aliphatic rings. The minimum Gasteiger partial charge on any atom is -0.462 e. The molecule has 10 heteroatoms. The molecule has 8 nitrogen and oxygen atoms in total. The van der Waals surface area contributed by atoms with Crippen molar-refractivity contribution in [1.82, 2.24) is 14.2 Å². The van der Waals surface area contributed by atoms with Crippen LogP contribution in [-0.2, 0) is 14.8 Å². The number of aromatic amines is 1. The molecule has 0 radical (unpaired) electrons. The van der Waals surface area contributed by atoms with Crippen molar-refractivity contribution in [2.75, 3.05) is 32.8 Å². The topological polar surface area (TPSA) is 99.8 Å². The number of hydrogen-bond acceptors (Lipinski definition) is 5. The third-order valence-corrected chi connectivity index (χ3v) is 8.02. The summed E-state index contributed by atoms with van der Waals surface area (Å²) in [6, 6.07) is 6.67. The minimum absolute atomic E-state index is 0.193. The van der Waals surface area contributed by atoms with Crippen LogP contribution < -0.4 is 0 Å². The van der Waals surface area contributed by atoms with Gasteiger partial charge in [0.25, 0.3) is 5.91 Å². The Labute approximate surface area is 184 Å². The van der Waals surface area contributed by atoms with Crippen LogP contribution in [0.15, 0.2) is 33.6 Å². The number of benzene rings is 1. The molecule has 1 aromatic carbocycles. The number of aryl methyl sites for hydroxylation is 1. The van der Waals surface area contributed by atoms with E-state index in [2.05, 4.69) is 20.9 Å². The number of carbonyl (C=O) groups excluding carboxylic acids is 2. The first-order chi connectivity index (χ1) is 14.2. The van der Waals surface area contributed by atoms with Crippen LogP contribution in [0.5, 0.6) is 0 Å². The number of sulfonamides is 1. The second-order valence-electron chi connectivity index (χ2n) is 6.97. The predicted octanol–water partition coefficient (Wildman–Crippen LogP) is 2.72. The van der Waals surface area contributed by atoms with Crippen molar-refractivity contribution in [2.24, 2.45) is 0 Å². The van der Waals surface area contributed by atoms with E-state index >= 15 is 0 Å². The molecule has 0 bridgehead atoms. The van der Waals surface area contributed by atoms with Crippen molar-refractivity contribution >= 4 is 37.8 Å². The van der Waals surface area contributed by atoms with Crippen molar-refractivity contribution < 1.29 is 22.7 Å². The molecular weight excluding hydrogens is 474 g/mol. The first-order valence-electron chi connectivity index (χ1n) is 9.58. The molecule has 0 unspecified atom stereocenters. The molecule has 162 valence electrons. The molecule has 0 atom stereocenters. The lowest BCUT2D eigenvalue weighted by Gasteiger charge is -2.34. The van der Waals surface area contributed by atoms with E-state index in [9.17, 15) is 18.0 Å². The Balaban J connectivity index is 1.74. The summed E-state index contributed by atoms with van der Waals surface area (Å²) in [7, 11) is -3.66. The maximum Gasteiger partial charge on any atom is 0.340 e. The monoisotopic (exact) mass is 497 g/mol. The van der Waals surface area contributed by atoms with Crippen LogP contribution >= 0.6 is 15.9 Å². The van der Waals surface area contributed by atoms with Crippen molar-refractivity contribution in [1.29, 1.82) is 0 Å². The average molecular weight is 498 g/mol. The Kier molecular flexibility index (Phi) is 6.68. The number of esters is 1. The average Bonchev–Trinajstić information content (AvgIpc) is 3.02. The molecule has 0 aliphatic carbocycles. The fourth-order valence-electron chi connectivity index (χ4n) is 3.56. The number of nitrogens with zero attached hydrogens (tertiary/aromatic N) is 2. The van der Waals surface area contributed by atoms with Crippen LogP contribution in [-0.4, -0.2) is 67.3 Å². The van der Waals surface area contributed by atoms with E-state index in [1.165, 1.54) is 4.31 Å². The van der Waals surface area contributed by atoms with Crippen LogP contribution in [0.2, 0.25) is 0 Å². The van der Waals surface area contributed by atoms with Gasteiger partial charge in [0.1, 0.15) is 5.69 Å². The highest BCUT2D eigenvalue weighted by atomic mass is 79.9. The van der Waals surface area contributed by atoms with Crippen LogP contribution in [0.1, 0.15) is 39.0 Å². The molecule has 2 heterocycles. The summed E-state index contributed by atoms with van der Waals surface area (Å²) in [5.41, 5.74) is 1.82. The van der Waals surface area contributed by atoms with Crippen molar-refractivity contribution in [3.8, 4) is 0 Å². The molecule has 1 saturated heterocycles. The van der Waals surface area contributed by atoms with Gasteiger partial charge in [-0.3, -0.25) is 4.79 Å². The number of rotatable bonds is 5. The highest BCUT2D eigenvalue weighted by molar-refractivity contribution is 9.10. The quantitative estimate of drug-likeness (QED) is 0.640. The Morgan fingerprint density at radius 3 is 2.37 bits per heavy atom. The van der Waals surface area contributed by atoms with Gasteiger partial charge in [-0.25, -0.2) is 13.2 Å². The summed E-state index contributed by atoms with van der Waals surface area (Å²) >= 11 is 3.29. The molecular formula is C20H24BrN3O5S. The largest absolute Gasteiger partial charge is 0.462 e. The Morgan fingerprint density at radius 1 is 1.13 bits per heavy atom. The van der Waals surface area contributed by atoms with E-state index in [1.54, 1.807) is 49.9 Å². The smallest absolute Gasteiger partial charge is 0.340 e. The van der Waals surface area contributed by atoms with Crippen LogP contribution in [0, 0.1) is 13.8 Å². The number of piperazine rings is 1. The highest BCUT2D eigenvalue weighted by Gasteiger charge is 2.33. The molecule has 1 N–H and O–H groups in total. The number of ether oxygens (including phenoxy) is 1. The Hall–Kier alpha value is -2.17. The number of carbonyl (C=O) groups is 2. The summed E-state index contributed by atoms with van der Waals surface area (Å²) in [4.78, 5) is 30.0. The standard InChI is InChI=1S/C20H24BrN3O5S/c1-4-29-20(26)17-13(2)18(22-14(17)3)19(25)23-9-11-24(12-10-23)30(27,28)16-8-6-5-7-15(16)21/h5-8,22H,4,9-12H2,1-3H3. The number of aromatic nitrogens is 1. The van der Waals surface area contributed by atoms with Gasteiger partial charge < -0.3 is 14.6 Å². The van der Waals surface area contributed by atoms with Gasteiger partial charge in [-0.05, 0) is 54.4 Å². The number of hydrogen-bond donors (Lipinski definition) is 1. The third-order valence-electron chi connectivity index (χ3n) is 5.11. The predicted molar refractivity (Wildman–Crippen MR) is 115 cm³/mol. The summed E-state index contributed by atoms with van der Waals surface area (Å²) in [5.74, 6) is -0.726. The van der Waals surface area contributed by atoms with Crippen LogP contribution in [0.25, 0.3) is 0 Å².